The Hall–Kier alpha value is -1.30. The molecular formula is C14H23NO5. The van der Waals surface area contributed by atoms with Gasteiger partial charge >= 0.3 is 12.1 Å². The summed E-state index contributed by atoms with van der Waals surface area (Å²) in [4.78, 5) is 25.8. The van der Waals surface area contributed by atoms with E-state index in [2.05, 4.69) is 0 Å². The minimum absolute atomic E-state index is 0.0502. The highest BCUT2D eigenvalue weighted by atomic mass is 16.6. The zero-order chi connectivity index (χ0) is 15.1. The second-order valence-electron chi connectivity index (χ2n) is 6.54. The highest BCUT2D eigenvalue weighted by Gasteiger charge is 2.53. The van der Waals surface area contributed by atoms with Gasteiger partial charge in [0, 0.05) is 6.04 Å². The van der Waals surface area contributed by atoms with Crippen LogP contribution in [-0.2, 0) is 14.3 Å². The van der Waals surface area contributed by atoms with Crippen molar-refractivity contribution >= 4 is 12.1 Å². The van der Waals surface area contributed by atoms with Gasteiger partial charge in [0.05, 0.1) is 19.3 Å². The number of carbonyl (C=O) groups excluding carboxylic acids is 2. The van der Waals surface area contributed by atoms with Crippen molar-refractivity contribution in [3.8, 4) is 0 Å². The first-order valence-corrected chi connectivity index (χ1v) is 7.02. The lowest BCUT2D eigenvalue weighted by Crippen LogP contribution is -2.56. The number of ether oxygens (including phenoxy) is 2. The molecule has 0 aliphatic carbocycles. The number of piperidine rings is 1. The lowest BCUT2D eigenvalue weighted by atomic mass is 9.87. The van der Waals surface area contributed by atoms with E-state index in [1.807, 2.05) is 20.8 Å². The highest BCUT2D eigenvalue weighted by Crippen LogP contribution is 2.40. The summed E-state index contributed by atoms with van der Waals surface area (Å²) < 4.78 is 10.2. The quantitative estimate of drug-likeness (QED) is 0.735. The molecule has 4 atom stereocenters. The first kappa shape index (κ1) is 15.1. The number of aliphatic hydroxyl groups is 1. The van der Waals surface area contributed by atoms with Crippen molar-refractivity contribution in [3.05, 3.63) is 0 Å². The van der Waals surface area contributed by atoms with Crippen LogP contribution < -0.4 is 0 Å². The van der Waals surface area contributed by atoms with E-state index in [1.54, 1.807) is 4.90 Å². The zero-order valence-electron chi connectivity index (χ0n) is 12.5. The predicted octanol–water partition coefficient (Wildman–Crippen LogP) is 1.31. The minimum Gasteiger partial charge on any atom is -0.469 e. The van der Waals surface area contributed by atoms with Crippen LogP contribution in [0.25, 0.3) is 0 Å². The van der Waals surface area contributed by atoms with E-state index in [0.717, 1.165) is 6.42 Å². The average molecular weight is 285 g/mol. The number of carbonyl (C=O) groups is 2. The van der Waals surface area contributed by atoms with Crippen LogP contribution in [0.15, 0.2) is 0 Å². The Morgan fingerprint density at radius 3 is 2.45 bits per heavy atom. The predicted molar refractivity (Wildman–Crippen MR) is 71.0 cm³/mol. The summed E-state index contributed by atoms with van der Waals surface area (Å²) in [6.07, 6.45) is 0.717. The molecule has 20 heavy (non-hydrogen) atoms. The smallest absolute Gasteiger partial charge is 0.410 e. The van der Waals surface area contributed by atoms with Crippen LogP contribution in [0.3, 0.4) is 0 Å². The summed E-state index contributed by atoms with van der Waals surface area (Å²) in [5, 5.41) is 10.1. The Morgan fingerprint density at radius 2 is 1.90 bits per heavy atom. The van der Waals surface area contributed by atoms with E-state index < -0.39 is 29.7 Å². The monoisotopic (exact) mass is 285 g/mol. The third-order valence-corrected chi connectivity index (χ3v) is 3.97. The number of methoxy groups -OCH3 is 1. The van der Waals surface area contributed by atoms with E-state index in [9.17, 15) is 14.7 Å². The molecule has 2 rings (SSSR count). The van der Waals surface area contributed by atoms with Crippen molar-refractivity contribution < 1.29 is 24.2 Å². The fraction of sp³-hybridized carbons (Fsp3) is 0.857. The van der Waals surface area contributed by atoms with Gasteiger partial charge in [-0.15, -0.1) is 0 Å². The van der Waals surface area contributed by atoms with E-state index in [-0.39, 0.29) is 12.1 Å². The summed E-state index contributed by atoms with van der Waals surface area (Å²) in [5.74, 6) is -1.14. The van der Waals surface area contributed by atoms with Crippen LogP contribution >= 0.6 is 0 Å². The van der Waals surface area contributed by atoms with Gasteiger partial charge in [0.2, 0.25) is 0 Å². The van der Waals surface area contributed by atoms with Crippen molar-refractivity contribution in [1.82, 2.24) is 4.90 Å². The highest BCUT2D eigenvalue weighted by molar-refractivity contribution is 5.77. The summed E-state index contributed by atoms with van der Waals surface area (Å²) in [7, 11) is 1.30. The number of aliphatic hydroxyl groups excluding tert-OH is 1. The number of rotatable bonds is 1. The van der Waals surface area contributed by atoms with Crippen LogP contribution in [0.2, 0.25) is 0 Å². The van der Waals surface area contributed by atoms with E-state index >= 15 is 0 Å². The summed E-state index contributed by atoms with van der Waals surface area (Å²) >= 11 is 0. The molecule has 2 aliphatic heterocycles. The third-order valence-electron chi connectivity index (χ3n) is 3.97. The Morgan fingerprint density at radius 1 is 1.25 bits per heavy atom. The Kier molecular flexibility index (Phi) is 3.95. The van der Waals surface area contributed by atoms with E-state index in [0.29, 0.717) is 12.8 Å². The fourth-order valence-electron chi connectivity index (χ4n) is 3.23. The lowest BCUT2D eigenvalue weighted by Gasteiger charge is -2.41. The van der Waals surface area contributed by atoms with Gasteiger partial charge in [0.25, 0.3) is 0 Å². The molecule has 0 saturated carbocycles. The largest absolute Gasteiger partial charge is 0.469 e. The molecule has 6 nitrogen and oxygen atoms in total. The molecule has 6 heteroatoms. The maximum atomic E-state index is 12.3. The van der Waals surface area contributed by atoms with Crippen molar-refractivity contribution in [2.24, 2.45) is 5.92 Å². The van der Waals surface area contributed by atoms with Crippen molar-refractivity contribution in [2.75, 3.05) is 7.11 Å². The molecule has 0 aromatic rings. The van der Waals surface area contributed by atoms with Crippen molar-refractivity contribution in [1.29, 1.82) is 0 Å². The molecule has 2 fully saturated rings. The molecule has 2 aliphatic rings. The van der Waals surface area contributed by atoms with Gasteiger partial charge in [0.1, 0.15) is 11.5 Å². The molecule has 0 aromatic heterocycles. The maximum Gasteiger partial charge on any atom is 0.410 e. The maximum absolute atomic E-state index is 12.3. The van der Waals surface area contributed by atoms with E-state index in [1.165, 1.54) is 7.11 Å². The van der Waals surface area contributed by atoms with Gasteiger partial charge in [-0.3, -0.25) is 4.79 Å². The minimum atomic E-state index is -0.751. The molecule has 0 spiro atoms. The molecule has 1 N–H and O–H groups in total. The van der Waals surface area contributed by atoms with Crippen LogP contribution in [0.4, 0.5) is 4.79 Å². The number of hydrogen-bond acceptors (Lipinski definition) is 5. The Balaban J connectivity index is 2.19. The normalized spacial score (nSPS) is 33.0. The summed E-state index contributed by atoms with van der Waals surface area (Å²) in [6, 6.07) is -0.378. The molecule has 1 amide bonds. The van der Waals surface area contributed by atoms with Crippen LogP contribution in [0, 0.1) is 5.92 Å². The first-order chi connectivity index (χ1) is 9.24. The second kappa shape index (κ2) is 5.24. The lowest BCUT2D eigenvalue weighted by molar-refractivity contribution is -0.155. The molecular weight excluding hydrogens is 262 g/mol. The van der Waals surface area contributed by atoms with Gasteiger partial charge < -0.3 is 19.5 Å². The molecule has 2 saturated heterocycles. The molecule has 114 valence electrons. The summed E-state index contributed by atoms with van der Waals surface area (Å²) in [6.45, 7) is 5.43. The number of amides is 1. The molecule has 0 unspecified atom stereocenters. The SMILES string of the molecule is COC(=O)[C@@H]1[C@H](O)C[C@H]2CC[C@H]1N2C(=O)OC(C)(C)C. The molecule has 0 aromatic carbocycles. The van der Waals surface area contributed by atoms with Crippen LogP contribution in [0.1, 0.15) is 40.0 Å². The van der Waals surface area contributed by atoms with Gasteiger partial charge in [0.15, 0.2) is 0 Å². The van der Waals surface area contributed by atoms with Crippen LogP contribution in [-0.4, -0.2) is 53.0 Å². The Labute approximate surface area is 119 Å². The zero-order valence-corrected chi connectivity index (χ0v) is 12.5. The second-order valence-corrected chi connectivity index (χ2v) is 6.54. The Bertz CT molecular complexity index is 403. The van der Waals surface area contributed by atoms with Gasteiger partial charge in [-0.1, -0.05) is 0 Å². The van der Waals surface area contributed by atoms with Crippen molar-refractivity contribution in [2.45, 2.75) is 63.8 Å². The van der Waals surface area contributed by atoms with E-state index in [4.69, 9.17) is 9.47 Å². The van der Waals surface area contributed by atoms with Gasteiger partial charge in [-0.2, -0.15) is 0 Å². The topological polar surface area (TPSA) is 76.1 Å². The number of fused-ring (bicyclic) bond motifs is 2. The summed E-state index contributed by atoms with van der Waals surface area (Å²) in [5.41, 5.74) is -0.576. The van der Waals surface area contributed by atoms with Crippen molar-refractivity contribution in [3.63, 3.8) is 0 Å². The molecule has 2 bridgehead atoms. The van der Waals surface area contributed by atoms with Gasteiger partial charge in [-0.25, -0.2) is 4.79 Å². The molecule has 2 heterocycles. The third kappa shape index (κ3) is 2.75. The van der Waals surface area contributed by atoms with Gasteiger partial charge in [-0.05, 0) is 40.0 Å². The fourth-order valence-corrected chi connectivity index (χ4v) is 3.23. The number of hydrogen-bond donors (Lipinski definition) is 1. The molecule has 0 radical (unpaired) electrons. The average Bonchev–Trinajstić information content (AvgIpc) is 2.63. The number of nitrogens with zero attached hydrogens (tertiary/aromatic N) is 1. The number of esters is 1. The van der Waals surface area contributed by atoms with Crippen LogP contribution in [0.5, 0.6) is 0 Å². The first-order valence-electron chi connectivity index (χ1n) is 7.02. The standard InChI is InChI=1S/C14H23NO5/c1-14(2,3)20-13(18)15-8-5-6-9(15)11(10(16)7-8)12(17)19-4/h8-11,16H,5-7H2,1-4H3/t8-,9-,10-,11+/m1/s1.